The van der Waals surface area contributed by atoms with Crippen LogP contribution in [-0.4, -0.2) is 43.4 Å². The summed E-state index contributed by atoms with van der Waals surface area (Å²) in [5.41, 5.74) is 4.18. The summed E-state index contributed by atoms with van der Waals surface area (Å²) in [6, 6.07) is 6.11. The molecule has 2 fully saturated rings. The predicted octanol–water partition coefficient (Wildman–Crippen LogP) is 3.35. The fourth-order valence-corrected chi connectivity index (χ4v) is 4.40. The fraction of sp³-hybridized carbons (Fsp3) is 0.571. The van der Waals surface area contributed by atoms with Gasteiger partial charge in [-0.05, 0) is 62.8 Å². The second kappa shape index (κ2) is 7.41. The van der Waals surface area contributed by atoms with E-state index in [4.69, 9.17) is 9.47 Å². The van der Waals surface area contributed by atoms with E-state index in [2.05, 4.69) is 24.1 Å². The summed E-state index contributed by atoms with van der Waals surface area (Å²) in [6.45, 7) is 7.27. The number of aromatic amines is 1. The Balaban J connectivity index is 1.51. The van der Waals surface area contributed by atoms with Gasteiger partial charge in [-0.3, -0.25) is 4.79 Å². The molecule has 2 N–H and O–H groups in total. The molecule has 0 radical (unpaired) electrons. The maximum atomic E-state index is 12.9. The topological polar surface area (TPSA) is 63.4 Å². The lowest BCUT2D eigenvalue weighted by molar-refractivity contribution is -0.0259. The maximum absolute atomic E-state index is 12.9. The molecule has 4 rings (SSSR count). The molecule has 0 spiro atoms. The number of fused-ring (bicyclic) bond motifs is 1. The van der Waals surface area contributed by atoms with Crippen LogP contribution in [0.5, 0.6) is 0 Å². The summed E-state index contributed by atoms with van der Waals surface area (Å²) in [6.07, 6.45) is 3.01. The standard InChI is InChI=1S/C21H28N2O3/c1-13-14(2)22-19-4-3-16(11-17(13)19)21(24)23-20-7-10-26-12-18(20)15-5-8-25-9-6-15/h3-4,11,15,18,20,22H,5-10,12H2,1-2H3,(H,23,24)/t18-,20-/m0/s1. The summed E-state index contributed by atoms with van der Waals surface area (Å²) in [5, 5.41) is 4.43. The first-order chi connectivity index (χ1) is 12.6. The lowest BCUT2D eigenvalue weighted by atomic mass is 9.79. The monoisotopic (exact) mass is 356 g/mol. The second-order valence-corrected chi connectivity index (χ2v) is 7.69. The minimum atomic E-state index is 0.0223. The molecule has 140 valence electrons. The molecule has 2 aliphatic heterocycles. The van der Waals surface area contributed by atoms with Gasteiger partial charge in [0.1, 0.15) is 0 Å². The lowest BCUT2D eigenvalue weighted by Crippen LogP contribution is -2.49. The first-order valence-electron chi connectivity index (χ1n) is 9.69. The average Bonchev–Trinajstić information content (AvgIpc) is 2.96. The van der Waals surface area contributed by atoms with Crippen LogP contribution in [-0.2, 0) is 9.47 Å². The molecular formula is C21H28N2O3. The highest BCUT2D eigenvalue weighted by Crippen LogP contribution is 2.30. The summed E-state index contributed by atoms with van der Waals surface area (Å²) in [5.74, 6) is 0.983. The van der Waals surface area contributed by atoms with E-state index in [1.54, 1.807) is 0 Å². The Labute approximate surface area is 154 Å². The van der Waals surface area contributed by atoms with Crippen molar-refractivity contribution < 1.29 is 14.3 Å². The van der Waals surface area contributed by atoms with Crippen LogP contribution in [0.4, 0.5) is 0 Å². The zero-order valence-corrected chi connectivity index (χ0v) is 15.6. The number of H-pyrrole nitrogens is 1. The molecule has 1 aromatic heterocycles. The molecule has 2 aliphatic rings. The Morgan fingerprint density at radius 2 is 1.88 bits per heavy atom. The van der Waals surface area contributed by atoms with Gasteiger partial charge in [-0.25, -0.2) is 0 Å². The highest BCUT2D eigenvalue weighted by Gasteiger charge is 2.34. The number of hydrogen-bond donors (Lipinski definition) is 2. The number of carbonyl (C=O) groups is 1. The van der Waals surface area contributed by atoms with Crippen LogP contribution in [0.25, 0.3) is 10.9 Å². The van der Waals surface area contributed by atoms with E-state index in [1.165, 1.54) is 5.56 Å². The van der Waals surface area contributed by atoms with E-state index < -0.39 is 0 Å². The van der Waals surface area contributed by atoms with Crippen LogP contribution in [0.3, 0.4) is 0 Å². The van der Waals surface area contributed by atoms with E-state index in [-0.39, 0.29) is 11.9 Å². The van der Waals surface area contributed by atoms with Crippen molar-refractivity contribution in [1.82, 2.24) is 10.3 Å². The van der Waals surface area contributed by atoms with Crippen LogP contribution < -0.4 is 5.32 Å². The SMILES string of the molecule is Cc1[nH]c2ccc(C(=O)N[C@H]3CCOC[C@H]3C3CCOCC3)cc2c1C. The smallest absolute Gasteiger partial charge is 0.251 e. The quantitative estimate of drug-likeness (QED) is 0.886. The highest BCUT2D eigenvalue weighted by molar-refractivity contribution is 5.99. The number of hydrogen-bond acceptors (Lipinski definition) is 3. The molecule has 5 heteroatoms. The predicted molar refractivity (Wildman–Crippen MR) is 101 cm³/mol. The number of amides is 1. The molecular weight excluding hydrogens is 328 g/mol. The maximum Gasteiger partial charge on any atom is 0.251 e. The van der Waals surface area contributed by atoms with Gasteiger partial charge in [-0.2, -0.15) is 0 Å². The van der Waals surface area contributed by atoms with Gasteiger partial charge in [-0.1, -0.05) is 0 Å². The van der Waals surface area contributed by atoms with Crippen LogP contribution in [0.15, 0.2) is 18.2 Å². The van der Waals surface area contributed by atoms with Gasteiger partial charge in [0.15, 0.2) is 0 Å². The average molecular weight is 356 g/mol. The van der Waals surface area contributed by atoms with Crippen molar-refractivity contribution in [2.45, 2.75) is 39.2 Å². The largest absolute Gasteiger partial charge is 0.381 e. The van der Waals surface area contributed by atoms with Crippen LogP contribution in [0.1, 0.15) is 40.9 Å². The number of aromatic nitrogens is 1. The van der Waals surface area contributed by atoms with Crippen molar-refractivity contribution in [3.05, 3.63) is 35.0 Å². The molecule has 0 bridgehead atoms. The first-order valence-corrected chi connectivity index (χ1v) is 9.69. The van der Waals surface area contributed by atoms with E-state index >= 15 is 0 Å². The number of carbonyl (C=O) groups excluding carboxylic acids is 1. The van der Waals surface area contributed by atoms with E-state index in [0.717, 1.165) is 67.9 Å². The molecule has 5 nitrogen and oxygen atoms in total. The van der Waals surface area contributed by atoms with E-state index in [0.29, 0.717) is 11.8 Å². The van der Waals surface area contributed by atoms with Crippen molar-refractivity contribution >= 4 is 16.8 Å². The number of aryl methyl sites for hydroxylation is 2. The minimum absolute atomic E-state index is 0.0223. The Bertz CT molecular complexity index is 792. The van der Waals surface area contributed by atoms with E-state index in [9.17, 15) is 4.79 Å². The normalized spacial score (nSPS) is 24.7. The molecule has 3 heterocycles. The molecule has 1 amide bonds. The van der Waals surface area contributed by atoms with Gasteiger partial charge in [0.2, 0.25) is 0 Å². The van der Waals surface area contributed by atoms with Gasteiger partial charge in [0.05, 0.1) is 6.61 Å². The van der Waals surface area contributed by atoms with Gasteiger partial charge in [-0.15, -0.1) is 0 Å². The molecule has 0 unspecified atom stereocenters. The van der Waals surface area contributed by atoms with Crippen LogP contribution >= 0.6 is 0 Å². The summed E-state index contributed by atoms with van der Waals surface area (Å²) >= 11 is 0. The van der Waals surface area contributed by atoms with Crippen LogP contribution in [0.2, 0.25) is 0 Å². The highest BCUT2D eigenvalue weighted by atomic mass is 16.5. The molecule has 26 heavy (non-hydrogen) atoms. The Morgan fingerprint density at radius 3 is 2.69 bits per heavy atom. The van der Waals surface area contributed by atoms with Gasteiger partial charge in [0.25, 0.3) is 5.91 Å². The minimum Gasteiger partial charge on any atom is -0.381 e. The zero-order chi connectivity index (χ0) is 18.1. The van der Waals surface area contributed by atoms with Crippen LogP contribution in [0, 0.1) is 25.7 Å². The third kappa shape index (κ3) is 3.38. The number of ether oxygens (including phenoxy) is 2. The van der Waals surface area contributed by atoms with E-state index in [1.807, 2.05) is 18.2 Å². The van der Waals surface area contributed by atoms with Gasteiger partial charge < -0.3 is 19.8 Å². The number of rotatable bonds is 3. The summed E-state index contributed by atoms with van der Waals surface area (Å²) in [4.78, 5) is 16.3. The van der Waals surface area contributed by atoms with Gasteiger partial charge >= 0.3 is 0 Å². The zero-order valence-electron chi connectivity index (χ0n) is 15.6. The fourth-order valence-electron chi connectivity index (χ4n) is 4.40. The van der Waals surface area contributed by atoms with Crippen molar-refractivity contribution in [3.63, 3.8) is 0 Å². The third-order valence-corrected chi connectivity index (χ3v) is 6.16. The summed E-state index contributed by atoms with van der Waals surface area (Å²) in [7, 11) is 0. The Morgan fingerprint density at radius 1 is 1.12 bits per heavy atom. The Hall–Kier alpha value is -1.85. The summed E-state index contributed by atoms with van der Waals surface area (Å²) < 4.78 is 11.2. The Kier molecular flexibility index (Phi) is 5.00. The number of benzene rings is 1. The van der Waals surface area contributed by atoms with Gasteiger partial charge in [0, 0.05) is 53.9 Å². The van der Waals surface area contributed by atoms with Crippen molar-refractivity contribution in [3.8, 4) is 0 Å². The molecule has 1 aromatic carbocycles. The molecule has 2 atom stereocenters. The van der Waals surface area contributed by atoms with Crippen molar-refractivity contribution in [2.24, 2.45) is 11.8 Å². The molecule has 0 aliphatic carbocycles. The lowest BCUT2D eigenvalue weighted by Gasteiger charge is -2.39. The molecule has 0 saturated carbocycles. The second-order valence-electron chi connectivity index (χ2n) is 7.69. The molecule has 2 aromatic rings. The first kappa shape index (κ1) is 17.6. The third-order valence-electron chi connectivity index (χ3n) is 6.16. The van der Waals surface area contributed by atoms with Crippen molar-refractivity contribution in [1.29, 1.82) is 0 Å². The number of nitrogens with one attached hydrogen (secondary N) is 2. The van der Waals surface area contributed by atoms with Crippen molar-refractivity contribution in [2.75, 3.05) is 26.4 Å². The molecule has 2 saturated heterocycles.